The topological polar surface area (TPSA) is 50.3 Å². The molecule has 24 heavy (non-hydrogen) atoms. The van der Waals surface area contributed by atoms with E-state index >= 15 is 0 Å². The number of nitrogens with zero attached hydrogens (tertiary/aromatic N) is 2. The first-order chi connectivity index (χ1) is 11.5. The summed E-state index contributed by atoms with van der Waals surface area (Å²) in [6.07, 6.45) is 1.32. The van der Waals surface area contributed by atoms with Crippen molar-refractivity contribution in [1.29, 1.82) is 0 Å². The fraction of sp³-hybridized carbons (Fsp3) is 0.188. The first-order valence-electron chi connectivity index (χ1n) is 7.14. The van der Waals surface area contributed by atoms with E-state index in [4.69, 9.17) is 11.6 Å². The van der Waals surface area contributed by atoms with Crippen LogP contribution < -0.4 is 0 Å². The van der Waals surface area contributed by atoms with E-state index in [9.17, 15) is 8.42 Å². The Morgan fingerprint density at radius 3 is 2.17 bits per heavy atom. The monoisotopic (exact) mass is 398 g/mol. The van der Waals surface area contributed by atoms with Crippen LogP contribution in [0.15, 0.2) is 52.2 Å². The molecule has 126 valence electrons. The largest absolute Gasteiger partial charge is 0.245 e. The third-order valence-electron chi connectivity index (χ3n) is 3.45. The highest BCUT2D eigenvalue weighted by atomic mass is 35.5. The average Bonchev–Trinajstić information content (AvgIpc) is 3.23. The molecule has 3 heterocycles. The van der Waals surface area contributed by atoms with Gasteiger partial charge in [0.1, 0.15) is 10.0 Å². The Hall–Kier alpha value is -1.25. The van der Waals surface area contributed by atoms with Crippen LogP contribution in [0.5, 0.6) is 0 Å². The molecule has 3 aromatic rings. The van der Waals surface area contributed by atoms with Crippen molar-refractivity contribution in [3.05, 3.63) is 67.8 Å². The van der Waals surface area contributed by atoms with Gasteiger partial charge in [-0.25, -0.2) is 13.4 Å². The third kappa shape index (κ3) is 3.87. The van der Waals surface area contributed by atoms with E-state index < -0.39 is 10.0 Å². The van der Waals surface area contributed by atoms with Gasteiger partial charge in [0, 0.05) is 29.0 Å². The van der Waals surface area contributed by atoms with Gasteiger partial charge in [0.05, 0.1) is 0 Å². The van der Waals surface area contributed by atoms with Crippen LogP contribution in [0.2, 0.25) is 5.15 Å². The minimum Gasteiger partial charge on any atom is -0.243 e. The maximum atomic E-state index is 13.1. The number of rotatable bonds is 6. The van der Waals surface area contributed by atoms with Gasteiger partial charge in [-0.15, -0.1) is 22.7 Å². The standard InChI is InChI=1S/C16H15ClN2O2S3/c1-12-8-15(9-18-16(12)17)24(20,21)19(10-13-4-2-6-22-13)11-14-5-3-7-23-14/h2-9H,10-11H2,1H3. The van der Waals surface area contributed by atoms with Gasteiger partial charge in [-0.3, -0.25) is 0 Å². The van der Waals surface area contributed by atoms with Crippen LogP contribution in [0.1, 0.15) is 15.3 Å². The van der Waals surface area contributed by atoms with Gasteiger partial charge in [0.25, 0.3) is 0 Å². The zero-order chi connectivity index (χ0) is 17.2. The van der Waals surface area contributed by atoms with Crippen LogP contribution in [0.3, 0.4) is 0 Å². The normalized spacial score (nSPS) is 12.0. The van der Waals surface area contributed by atoms with Crippen LogP contribution in [0, 0.1) is 6.92 Å². The Bertz CT molecular complexity index is 871. The highest BCUT2D eigenvalue weighted by Crippen LogP contribution is 2.25. The number of aryl methyl sites for hydroxylation is 1. The summed E-state index contributed by atoms with van der Waals surface area (Å²) in [5.74, 6) is 0. The molecule has 0 N–H and O–H groups in total. The van der Waals surface area contributed by atoms with Crippen LogP contribution in [0.4, 0.5) is 0 Å². The smallest absolute Gasteiger partial charge is 0.243 e. The second-order valence-corrected chi connectivity index (χ2v) is 9.57. The van der Waals surface area contributed by atoms with Crippen LogP contribution in [-0.4, -0.2) is 17.7 Å². The van der Waals surface area contributed by atoms with Gasteiger partial charge in [0.2, 0.25) is 10.0 Å². The zero-order valence-electron chi connectivity index (χ0n) is 12.8. The second kappa shape index (κ2) is 7.33. The number of sulfonamides is 1. The number of hydrogen-bond acceptors (Lipinski definition) is 5. The van der Waals surface area contributed by atoms with Gasteiger partial charge >= 0.3 is 0 Å². The van der Waals surface area contributed by atoms with Crippen LogP contribution in [-0.2, 0) is 23.1 Å². The number of aromatic nitrogens is 1. The lowest BCUT2D eigenvalue weighted by atomic mass is 10.3. The maximum absolute atomic E-state index is 13.1. The number of hydrogen-bond donors (Lipinski definition) is 0. The number of pyridine rings is 1. The van der Waals surface area contributed by atoms with Gasteiger partial charge in [0.15, 0.2) is 0 Å². The summed E-state index contributed by atoms with van der Waals surface area (Å²) >= 11 is 9.01. The summed E-state index contributed by atoms with van der Waals surface area (Å²) in [5.41, 5.74) is 0.643. The summed E-state index contributed by atoms with van der Waals surface area (Å²) < 4.78 is 27.7. The van der Waals surface area contributed by atoms with Gasteiger partial charge in [-0.1, -0.05) is 23.7 Å². The Labute approximate surface area is 154 Å². The Balaban J connectivity index is 1.97. The summed E-state index contributed by atoms with van der Waals surface area (Å²) in [6.45, 7) is 2.41. The molecule has 0 aliphatic carbocycles. The van der Waals surface area contributed by atoms with E-state index in [1.54, 1.807) is 35.7 Å². The minimum absolute atomic E-state index is 0.164. The molecule has 0 fully saturated rings. The van der Waals surface area contributed by atoms with E-state index in [1.165, 1.54) is 10.5 Å². The van der Waals surface area contributed by atoms with E-state index in [2.05, 4.69) is 4.98 Å². The van der Waals surface area contributed by atoms with E-state index in [0.29, 0.717) is 23.8 Å². The van der Waals surface area contributed by atoms with Crippen LogP contribution >= 0.6 is 34.3 Å². The van der Waals surface area contributed by atoms with Crippen molar-refractivity contribution in [1.82, 2.24) is 9.29 Å². The predicted octanol–water partition coefficient (Wildman–Crippen LogP) is 4.56. The highest BCUT2D eigenvalue weighted by molar-refractivity contribution is 7.89. The van der Waals surface area contributed by atoms with Crippen molar-refractivity contribution >= 4 is 44.3 Å². The van der Waals surface area contributed by atoms with Crippen LogP contribution in [0.25, 0.3) is 0 Å². The first-order valence-corrected chi connectivity index (χ1v) is 10.7. The van der Waals surface area contributed by atoms with Gasteiger partial charge < -0.3 is 0 Å². The molecule has 0 bridgehead atoms. The fourth-order valence-corrected chi connectivity index (χ4v) is 5.33. The van der Waals surface area contributed by atoms with Crippen molar-refractivity contribution in [2.24, 2.45) is 0 Å². The molecule has 0 saturated carbocycles. The minimum atomic E-state index is -3.67. The first kappa shape index (κ1) is 17.6. The molecule has 4 nitrogen and oxygen atoms in total. The third-order valence-corrected chi connectivity index (χ3v) is 7.33. The Morgan fingerprint density at radius 1 is 1.12 bits per heavy atom. The lowest BCUT2D eigenvalue weighted by Gasteiger charge is -2.21. The summed E-state index contributed by atoms with van der Waals surface area (Å²) in [5, 5.41) is 4.20. The Morgan fingerprint density at radius 2 is 1.71 bits per heavy atom. The molecule has 3 rings (SSSR count). The van der Waals surface area contributed by atoms with Gasteiger partial charge in [-0.05, 0) is 41.4 Å². The highest BCUT2D eigenvalue weighted by Gasteiger charge is 2.26. The zero-order valence-corrected chi connectivity index (χ0v) is 16.1. The SMILES string of the molecule is Cc1cc(S(=O)(=O)N(Cc2cccs2)Cc2cccs2)cnc1Cl. The molecule has 0 aromatic carbocycles. The molecule has 8 heteroatoms. The average molecular weight is 399 g/mol. The van der Waals surface area contributed by atoms with E-state index in [0.717, 1.165) is 9.75 Å². The molecular formula is C16H15ClN2O2S3. The molecule has 0 aliphatic rings. The molecule has 0 unspecified atom stereocenters. The molecule has 0 atom stereocenters. The Kier molecular flexibility index (Phi) is 5.36. The molecule has 0 saturated heterocycles. The van der Waals surface area contributed by atoms with Crippen molar-refractivity contribution in [2.75, 3.05) is 0 Å². The van der Waals surface area contributed by atoms with Crippen molar-refractivity contribution < 1.29 is 8.42 Å². The number of halogens is 1. The summed E-state index contributed by atoms with van der Waals surface area (Å²) in [7, 11) is -3.67. The number of thiophene rings is 2. The molecular weight excluding hydrogens is 384 g/mol. The molecule has 0 radical (unpaired) electrons. The summed E-state index contributed by atoms with van der Waals surface area (Å²) in [4.78, 5) is 6.14. The van der Waals surface area contributed by atoms with Crippen molar-refractivity contribution in [3.8, 4) is 0 Å². The molecule has 0 spiro atoms. The summed E-state index contributed by atoms with van der Waals surface area (Å²) in [6, 6.07) is 9.29. The van der Waals surface area contributed by atoms with E-state index in [-0.39, 0.29) is 4.90 Å². The molecule has 0 amide bonds. The van der Waals surface area contributed by atoms with Crippen molar-refractivity contribution in [3.63, 3.8) is 0 Å². The predicted molar refractivity (Wildman–Crippen MR) is 99.1 cm³/mol. The maximum Gasteiger partial charge on any atom is 0.245 e. The molecule has 0 aliphatic heterocycles. The van der Waals surface area contributed by atoms with Gasteiger partial charge in [-0.2, -0.15) is 4.31 Å². The second-order valence-electron chi connectivity index (χ2n) is 5.21. The fourth-order valence-electron chi connectivity index (χ4n) is 2.20. The molecule has 3 aromatic heterocycles. The van der Waals surface area contributed by atoms with E-state index in [1.807, 2.05) is 35.0 Å². The quantitative estimate of drug-likeness (QED) is 0.572. The lowest BCUT2D eigenvalue weighted by molar-refractivity contribution is 0.406. The lowest BCUT2D eigenvalue weighted by Crippen LogP contribution is -2.29. The van der Waals surface area contributed by atoms with Crippen molar-refractivity contribution in [2.45, 2.75) is 24.9 Å².